The summed E-state index contributed by atoms with van der Waals surface area (Å²) in [6, 6.07) is 5.59. The topological polar surface area (TPSA) is 49.3 Å². The lowest BCUT2D eigenvalue weighted by Gasteiger charge is -2.11. The molecule has 0 spiro atoms. The van der Waals surface area contributed by atoms with Gasteiger partial charge in [0.15, 0.2) is 0 Å². The normalized spacial score (nSPS) is 13.1. The molecular formula is C14H14F3NO2S2. The molecule has 0 aliphatic rings. The molecule has 0 fully saturated rings. The minimum absolute atomic E-state index is 0.0969. The number of hydrogen-bond acceptors (Lipinski definition) is 4. The van der Waals surface area contributed by atoms with Gasteiger partial charge in [0.05, 0.1) is 6.42 Å². The highest BCUT2D eigenvalue weighted by molar-refractivity contribution is 7.16. The summed E-state index contributed by atoms with van der Waals surface area (Å²) in [4.78, 5) is 13.0. The highest BCUT2D eigenvalue weighted by atomic mass is 32.1. The molecule has 0 radical (unpaired) electrons. The average Bonchev–Trinajstić information content (AvgIpc) is 3.11. The molecule has 2 N–H and O–H groups in total. The van der Waals surface area contributed by atoms with E-state index in [4.69, 9.17) is 0 Å². The van der Waals surface area contributed by atoms with Crippen molar-refractivity contribution in [1.82, 2.24) is 5.32 Å². The smallest absolute Gasteiger partial charge is 0.386 e. The molecule has 0 saturated carbocycles. The Morgan fingerprint density at radius 3 is 2.73 bits per heavy atom. The molecule has 0 aliphatic carbocycles. The number of thiophene rings is 2. The third-order valence-electron chi connectivity index (χ3n) is 2.89. The number of halogens is 3. The van der Waals surface area contributed by atoms with Gasteiger partial charge >= 0.3 is 6.18 Å². The van der Waals surface area contributed by atoms with E-state index in [-0.39, 0.29) is 6.54 Å². The Labute approximate surface area is 133 Å². The summed E-state index contributed by atoms with van der Waals surface area (Å²) < 4.78 is 36.0. The van der Waals surface area contributed by atoms with Gasteiger partial charge in [-0.1, -0.05) is 0 Å². The third kappa shape index (κ3) is 5.11. The van der Waals surface area contributed by atoms with Crippen LogP contribution >= 0.6 is 22.7 Å². The van der Waals surface area contributed by atoms with Crippen LogP contribution in [0.1, 0.15) is 23.8 Å². The maximum atomic E-state index is 12.0. The van der Waals surface area contributed by atoms with Gasteiger partial charge in [0.2, 0.25) is 5.91 Å². The second-order valence-electron chi connectivity index (χ2n) is 4.65. The van der Waals surface area contributed by atoms with Gasteiger partial charge in [-0.15, -0.1) is 11.3 Å². The van der Waals surface area contributed by atoms with Gasteiger partial charge in [-0.3, -0.25) is 4.79 Å². The van der Waals surface area contributed by atoms with Crippen LogP contribution in [0.25, 0.3) is 10.4 Å². The van der Waals surface area contributed by atoms with Crippen LogP contribution in [-0.2, 0) is 4.79 Å². The van der Waals surface area contributed by atoms with Crippen LogP contribution < -0.4 is 5.32 Å². The monoisotopic (exact) mass is 349 g/mol. The van der Waals surface area contributed by atoms with Crippen molar-refractivity contribution in [2.45, 2.75) is 25.1 Å². The number of aliphatic hydroxyl groups is 1. The predicted molar refractivity (Wildman–Crippen MR) is 80.9 cm³/mol. The summed E-state index contributed by atoms with van der Waals surface area (Å²) in [5, 5.41) is 16.2. The molecule has 1 unspecified atom stereocenters. The SMILES string of the molecule is O=C(CCC(F)(F)F)NCC(O)c1ccc(-c2ccsc2)s1. The summed E-state index contributed by atoms with van der Waals surface area (Å²) >= 11 is 2.96. The molecule has 3 nitrogen and oxygen atoms in total. The van der Waals surface area contributed by atoms with Crippen LogP contribution in [0.4, 0.5) is 13.2 Å². The number of rotatable bonds is 6. The van der Waals surface area contributed by atoms with Crippen LogP contribution in [0.15, 0.2) is 29.0 Å². The van der Waals surface area contributed by atoms with Gasteiger partial charge in [-0.05, 0) is 29.0 Å². The molecule has 2 aromatic rings. The van der Waals surface area contributed by atoms with E-state index in [0.717, 1.165) is 10.4 Å². The second-order valence-corrected chi connectivity index (χ2v) is 6.54. The summed E-state index contributed by atoms with van der Waals surface area (Å²) in [5.74, 6) is -0.717. The van der Waals surface area contributed by atoms with Crippen LogP contribution in [0.3, 0.4) is 0 Å². The summed E-state index contributed by atoms with van der Waals surface area (Å²) in [6.07, 6.45) is -7.05. The lowest BCUT2D eigenvalue weighted by molar-refractivity contribution is -0.144. The number of amides is 1. The molecule has 0 aliphatic heterocycles. The van der Waals surface area contributed by atoms with Crippen molar-refractivity contribution in [3.8, 4) is 10.4 Å². The van der Waals surface area contributed by atoms with Crippen molar-refractivity contribution in [2.75, 3.05) is 6.54 Å². The minimum Gasteiger partial charge on any atom is -0.386 e. The minimum atomic E-state index is -4.35. The Balaban J connectivity index is 1.82. The molecule has 120 valence electrons. The molecule has 0 aromatic carbocycles. The molecule has 0 saturated heterocycles. The Kier molecular flexibility index (Phi) is 5.60. The van der Waals surface area contributed by atoms with Gasteiger partial charge < -0.3 is 10.4 Å². The van der Waals surface area contributed by atoms with E-state index in [1.165, 1.54) is 11.3 Å². The van der Waals surface area contributed by atoms with Crippen molar-refractivity contribution < 1.29 is 23.1 Å². The predicted octanol–water partition coefficient (Wildman–Crippen LogP) is 3.97. The van der Waals surface area contributed by atoms with Crippen molar-refractivity contribution in [1.29, 1.82) is 0 Å². The fraction of sp³-hybridized carbons (Fsp3) is 0.357. The summed E-state index contributed by atoms with van der Waals surface area (Å²) in [7, 11) is 0. The van der Waals surface area contributed by atoms with E-state index in [0.29, 0.717) is 4.88 Å². The van der Waals surface area contributed by atoms with Crippen molar-refractivity contribution in [3.05, 3.63) is 33.8 Å². The third-order valence-corrected chi connectivity index (χ3v) is 4.81. The molecule has 2 rings (SSSR count). The Bertz CT molecular complexity index is 608. The first-order valence-electron chi connectivity index (χ1n) is 6.49. The number of carbonyl (C=O) groups is 1. The highest BCUT2D eigenvalue weighted by Crippen LogP contribution is 2.32. The zero-order valence-corrected chi connectivity index (χ0v) is 13.0. The van der Waals surface area contributed by atoms with E-state index < -0.39 is 31.0 Å². The van der Waals surface area contributed by atoms with Crippen LogP contribution in [-0.4, -0.2) is 23.7 Å². The first-order valence-corrected chi connectivity index (χ1v) is 8.25. The first kappa shape index (κ1) is 17.0. The van der Waals surface area contributed by atoms with Crippen molar-refractivity contribution >= 4 is 28.6 Å². The summed E-state index contributed by atoms with van der Waals surface area (Å²) in [5.41, 5.74) is 1.06. The largest absolute Gasteiger partial charge is 0.389 e. The first-order chi connectivity index (χ1) is 10.3. The van der Waals surface area contributed by atoms with E-state index in [1.54, 1.807) is 17.4 Å². The standard InChI is InChI=1S/C14H14F3NO2S2/c15-14(16,17)5-3-13(20)18-7-10(19)12-2-1-11(22-12)9-4-6-21-8-9/h1-2,4,6,8,10,19H,3,5,7H2,(H,18,20). The Hall–Kier alpha value is -1.38. The van der Waals surface area contributed by atoms with Crippen molar-refractivity contribution in [3.63, 3.8) is 0 Å². The lowest BCUT2D eigenvalue weighted by atomic mass is 10.2. The molecule has 2 aromatic heterocycles. The maximum absolute atomic E-state index is 12.0. The van der Waals surface area contributed by atoms with Gasteiger partial charge in [-0.25, -0.2) is 0 Å². The molecule has 1 atom stereocenters. The van der Waals surface area contributed by atoms with Crippen LogP contribution in [0.5, 0.6) is 0 Å². The molecule has 1 amide bonds. The molecule has 0 bridgehead atoms. The zero-order valence-electron chi connectivity index (χ0n) is 11.4. The lowest BCUT2D eigenvalue weighted by Crippen LogP contribution is -2.29. The molecule has 2 heterocycles. The van der Waals surface area contributed by atoms with Crippen LogP contribution in [0, 0.1) is 0 Å². The van der Waals surface area contributed by atoms with Gasteiger partial charge in [0.1, 0.15) is 6.10 Å². The zero-order chi connectivity index (χ0) is 16.2. The van der Waals surface area contributed by atoms with E-state index >= 15 is 0 Å². The number of nitrogens with one attached hydrogen (secondary N) is 1. The van der Waals surface area contributed by atoms with Gasteiger partial charge in [-0.2, -0.15) is 24.5 Å². The Morgan fingerprint density at radius 1 is 1.32 bits per heavy atom. The quantitative estimate of drug-likeness (QED) is 0.829. The number of hydrogen-bond donors (Lipinski definition) is 2. The van der Waals surface area contributed by atoms with Crippen LogP contribution in [0.2, 0.25) is 0 Å². The van der Waals surface area contributed by atoms with E-state index in [9.17, 15) is 23.1 Å². The maximum Gasteiger partial charge on any atom is 0.389 e. The van der Waals surface area contributed by atoms with Crippen molar-refractivity contribution in [2.24, 2.45) is 0 Å². The van der Waals surface area contributed by atoms with E-state index in [2.05, 4.69) is 5.32 Å². The van der Waals surface area contributed by atoms with Gasteiger partial charge in [0, 0.05) is 28.3 Å². The van der Waals surface area contributed by atoms with Gasteiger partial charge in [0.25, 0.3) is 0 Å². The summed E-state index contributed by atoms with van der Waals surface area (Å²) in [6.45, 7) is -0.0969. The fourth-order valence-electron chi connectivity index (χ4n) is 1.75. The average molecular weight is 349 g/mol. The highest BCUT2D eigenvalue weighted by Gasteiger charge is 2.27. The molecular weight excluding hydrogens is 335 g/mol. The number of alkyl halides is 3. The fourth-order valence-corrected chi connectivity index (χ4v) is 3.47. The Morgan fingerprint density at radius 2 is 2.09 bits per heavy atom. The number of carbonyl (C=O) groups excluding carboxylic acids is 1. The molecule has 22 heavy (non-hydrogen) atoms. The van der Waals surface area contributed by atoms with E-state index in [1.807, 2.05) is 22.9 Å². The second kappa shape index (κ2) is 7.26. The molecule has 8 heteroatoms. The number of aliphatic hydroxyl groups excluding tert-OH is 1.